The normalized spacial score (nSPS) is 17.5. The number of sulfonamides is 1. The van der Waals surface area contributed by atoms with Crippen LogP contribution < -0.4 is 21.5 Å². The number of fused-ring (bicyclic) bond motifs is 1. The van der Waals surface area contributed by atoms with Gasteiger partial charge in [-0.1, -0.05) is 91.0 Å². The van der Waals surface area contributed by atoms with E-state index < -0.39 is 16.1 Å². The van der Waals surface area contributed by atoms with E-state index in [1.54, 1.807) is 12.1 Å². The second kappa shape index (κ2) is 14.5. The number of hydrogen-bond donors (Lipinski definition) is 4. The van der Waals surface area contributed by atoms with E-state index in [4.69, 9.17) is 11.5 Å². The van der Waals surface area contributed by atoms with Crippen molar-refractivity contribution in [1.82, 2.24) is 14.9 Å². The maximum atomic E-state index is 14.0. The van der Waals surface area contributed by atoms with Crippen LogP contribution >= 0.6 is 0 Å². The van der Waals surface area contributed by atoms with Crippen molar-refractivity contribution in [2.24, 2.45) is 16.5 Å². The minimum absolute atomic E-state index is 0.00778. The number of amides is 1. The van der Waals surface area contributed by atoms with E-state index in [0.29, 0.717) is 38.9 Å². The molecule has 44 heavy (non-hydrogen) atoms. The van der Waals surface area contributed by atoms with Crippen molar-refractivity contribution >= 4 is 32.7 Å². The van der Waals surface area contributed by atoms with Gasteiger partial charge in [-0.2, -0.15) is 0 Å². The molecule has 1 saturated heterocycles. The Labute approximate surface area is 259 Å². The van der Waals surface area contributed by atoms with Gasteiger partial charge in [0, 0.05) is 38.1 Å². The zero-order valence-electron chi connectivity index (χ0n) is 24.7. The zero-order chi connectivity index (χ0) is 30.9. The molecule has 0 spiro atoms. The van der Waals surface area contributed by atoms with Crippen molar-refractivity contribution in [2.75, 3.05) is 26.2 Å². The predicted molar refractivity (Wildman–Crippen MR) is 176 cm³/mol. The Balaban J connectivity index is 1.34. The molecule has 9 nitrogen and oxygen atoms in total. The average Bonchev–Trinajstić information content (AvgIpc) is 3.19. The third-order valence-electron chi connectivity index (χ3n) is 8.10. The van der Waals surface area contributed by atoms with Gasteiger partial charge < -0.3 is 21.7 Å². The summed E-state index contributed by atoms with van der Waals surface area (Å²) in [6, 6.07) is 32.4. The standard InChI is InChI=1S/C34H40N6O3S/c35-34(36)37-20-9-16-32-33(41)40(24-31(26-11-3-1-4-12-26)27-13-5-2-6-14-27)21-19-29(39-32)23-38-44(42,43)30-18-17-25-10-7-8-15-28(25)22-30/h1-8,10-15,17-18,22,29,31-32,38-39H,9,16,19-21,23-24H2,(H4,35,36,37). The first-order valence-electron chi connectivity index (χ1n) is 15.0. The fourth-order valence-corrected chi connectivity index (χ4v) is 6.87. The van der Waals surface area contributed by atoms with Gasteiger partial charge in [0.15, 0.2) is 5.96 Å². The summed E-state index contributed by atoms with van der Waals surface area (Å²) < 4.78 is 29.4. The fraction of sp³-hybridized carbons (Fsp3) is 0.294. The molecule has 0 radical (unpaired) electrons. The van der Waals surface area contributed by atoms with Gasteiger partial charge in [0.1, 0.15) is 0 Å². The highest BCUT2D eigenvalue weighted by Gasteiger charge is 2.33. The van der Waals surface area contributed by atoms with E-state index in [0.717, 1.165) is 21.9 Å². The molecule has 4 aromatic carbocycles. The molecule has 0 aromatic heterocycles. The van der Waals surface area contributed by atoms with E-state index in [9.17, 15) is 13.2 Å². The number of nitrogens with one attached hydrogen (secondary N) is 2. The Morgan fingerprint density at radius 1 is 0.909 bits per heavy atom. The summed E-state index contributed by atoms with van der Waals surface area (Å²) in [7, 11) is -3.76. The molecule has 0 aliphatic carbocycles. The molecule has 4 aromatic rings. The van der Waals surface area contributed by atoms with E-state index in [-0.39, 0.29) is 35.3 Å². The maximum absolute atomic E-state index is 14.0. The van der Waals surface area contributed by atoms with Crippen molar-refractivity contribution < 1.29 is 13.2 Å². The van der Waals surface area contributed by atoms with Crippen LogP contribution in [0, 0.1) is 0 Å². The summed E-state index contributed by atoms with van der Waals surface area (Å²) in [6.45, 7) is 1.56. The highest BCUT2D eigenvalue weighted by molar-refractivity contribution is 7.89. The molecule has 2 unspecified atom stereocenters. The minimum atomic E-state index is -3.76. The molecule has 5 rings (SSSR count). The minimum Gasteiger partial charge on any atom is -0.370 e. The molecule has 1 aliphatic heterocycles. The summed E-state index contributed by atoms with van der Waals surface area (Å²) in [6.07, 6.45) is 1.71. The van der Waals surface area contributed by atoms with Crippen molar-refractivity contribution in [3.8, 4) is 0 Å². The number of nitrogens with two attached hydrogens (primary N) is 2. The second-order valence-electron chi connectivity index (χ2n) is 11.2. The molecule has 1 amide bonds. The van der Waals surface area contributed by atoms with Crippen molar-refractivity contribution in [1.29, 1.82) is 0 Å². The zero-order valence-corrected chi connectivity index (χ0v) is 25.5. The van der Waals surface area contributed by atoms with E-state index in [2.05, 4.69) is 39.3 Å². The highest BCUT2D eigenvalue weighted by atomic mass is 32.2. The van der Waals surface area contributed by atoms with Crippen LogP contribution in [-0.2, 0) is 14.8 Å². The molecule has 2 atom stereocenters. The molecular weight excluding hydrogens is 572 g/mol. The number of benzene rings is 4. The number of aliphatic imine (C=N–C) groups is 1. The van der Waals surface area contributed by atoms with Crippen LogP contribution in [0.25, 0.3) is 10.8 Å². The molecule has 1 fully saturated rings. The maximum Gasteiger partial charge on any atom is 0.240 e. The molecule has 1 aliphatic rings. The molecule has 10 heteroatoms. The molecule has 0 saturated carbocycles. The van der Waals surface area contributed by atoms with Crippen LogP contribution in [0.2, 0.25) is 0 Å². The monoisotopic (exact) mass is 612 g/mol. The first-order chi connectivity index (χ1) is 21.3. The number of hydrogen-bond acceptors (Lipinski definition) is 5. The van der Waals surface area contributed by atoms with Gasteiger partial charge in [0.05, 0.1) is 10.9 Å². The first-order valence-corrected chi connectivity index (χ1v) is 16.5. The Kier molecular flexibility index (Phi) is 10.3. The van der Waals surface area contributed by atoms with Gasteiger partial charge in [0.2, 0.25) is 15.9 Å². The van der Waals surface area contributed by atoms with E-state index in [1.165, 1.54) is 0 Å². The van der Waals surface area contributed by atoms with E-state index in [1.807, 2.05) is 71.6 Å². The Hall–Kier alpha value is -4.25. The molecule has 230 valence electrons. The third kappa shape index (κ3) is 8.02. The van der Waals surface area contributed by atoms with Gasteiger partial charge in [-0.3, -0.25) is 9.79 Å². The number of rotatable bonds is 12. The fourth-order valence-electron chi connectivity index (χ4n) is 5.76. The van der Waals surface area contributed by atoms with Crippen LogP contribution in [0.1, 0.15) is 36.3 Å². The summed E-state index contributed by atoms with van der Waals surface area (Å²) in [5, 5.41) is 5.29. The predicted octanol–water partition coefficient (Wildman–Crippen LogP) is 3.56. The number of carbonyl (C=O) groups is 1. The molecule has 6 N–H and O–H groups in total. The summed E-state index contributed by atoms with van der Waals surface area (Å²) in [5.41, 5.74) is 13.3. The van der Waals surface area contributed by atoms with Crippen molar-refractivity contribution in [3.63, 3.8) is 0 Å². The largest absolute Gasteiger partial charge is 0.370 e. The number of nitrogens with zero attached hydrogens (tertiary/aromatic N) is 2. The van der Waals surface area contributed by atoms with Crippen LogP contribution in [0.4, 0.5) is 0 Å². The van der Waals surface area contributed by atoms with E-state index >= 15 is 0 Å². The Morgan fingerprint density at radius 2 is 1.55 bits per heavy atom. The van der Waals surface area contributed by atoms with Gasteiger partial charge in [0.25, 0.3) is 0 Å². The highest BCUT2D eigenvalue weighted by Crippen LogP contribution is 2.27. The molecule has 0 bridgehead atoms. The average molecular weight is 613 g/mol. The van der Waals surface area contributed by atoms with Crippen molar-refractivity contribution in [3.05, 3.63) is 114 Å². The summed E-state index contributed by atoms with van der Waals surface area (Å²) >= 11 is 0. The third-order valence-corrected chi connectivity index (χ3v) is 9.52. The van der Waals surface area contributed by atoms with Crippen LogP contribution in [0.3, 0.4) is 0 Å². The van der Waals surface area contributed by atoms with Crippen LogP contribution in [0.15, 0.2) is 113 Å². The Bertz CT molecular complexity index is 1640. The van der Waals surface area contributed by atoms with Gasteiger partial charge in [-0.15, -0.1) is 0 Å². The lowest BCUT2D eigenvalue weighted by Crippen LogP contribution is -2.49. The quantitative estimate of drug-likeness (QED) is 0.109. The summed E-state index contributed by atoms with van der Waals surface area (Å²) in [4.78, 5) is 20.2. The molecular formula is C34H40N6O3S. The SMILES string of the molecule is NC(N)=NCCCC1NC(CNS(=O)(=O)c2ccc3ccccc3c2)CCN(CC(c2ccccc2)c2ccccc2)C1=O. The van der Waals surface area contributed by atoms with Crippen LogP contribution in [0.5, 0.6) is 0 Å². The lowest BCUT2D eigenvalue weighted by molar-refractivity contribution is -0.133. The Morgan fingerprint density at radius 3 is 2.20 bits per heavy atom. The number of carbonyl (C=O) groups excluding carboxylic acids is 1. The molecule has 1 heterocycles. The first kappa shape index (κ1) is 31.2. The van der Waals surface area contributed by atoms with Gasteiger partial charge in [-0.25, -0.2) is 13.1 Å². The van der Waals surface area contributed by atoms with Crippen molar-refractivity contribution in [2.45, 2.75) is 42.2 Å². The summed E-state index contributed by atoms with van der Waals surface area (Å²) in [5.74, 6) is -0.000593. The topological polar surface area (TPSA) is 143 Å². The lowest BCUT2D eigenvalue weighted by atomic mass is 9.90. The smallest absolute Gasteiger partial charge is 0.240 e. The number of guanidine groups is 1. The van der Waals surface area contributed by atoms with Crippen LogP contribution in [-0.4, -0.2) is 63.4 Å². The lowest BCUT2D eigenvalue weighted by Gasteiger charge is -2.29. The van der Waals surface area contributed by atoms with Gasteiger partial charge >= 0.3 is 0 Å². The second-order valence-corrected chi connectivity index (χ2v) is 12.9. The van der Waals surface area contributed by atoms with Gasteiger partial charge in [-0.05, 0) is 53.3 Å².